The first-order valence-corrected chi connectivity index (χ1v) is 9.81. The molecule has 0 fully saturated rings. The van der Waals surface area contributed by atoms with Crippen LogP contribution in [0.25, 0.3) is 0 Å². The van der Waals surface area contributed by atoms with Crippen molar-refractivity contribution in [2.75, 3.05) is 5.32 Å². The van der Waals surface area contributed by atoms with Crippen LogP contribution in [0, 0.1) is 0 Å². The van der Waals surface area contributed by atoms with E-state index < -0.39 is 29.2 Å². The second-order valence-corrected chi connectivity index (χ2v) is 7.57. The van der Waals surface area contributed by atoms with Crippen LogP contribution in [0.5, 0.6) is 0 Å². The van der Waals surface area contributed by atoms with Gasteiger partial charge in [0, 0.05) is 16.5 Å². The van der Waals surface area contributed by atoms with Gasteiger partial charge in [-0.1, -0.05) is 53.5 Å². The molecule has 0 saturated carbocycles. The van der Waals surface area contributed by atoms with E-state index in [1.54, 1.807) is 30.3 Å². The number of nitrogens with zero attached hydrogens (tertiary/aromatic N) is 1. The zero-order valence-electron chi connectivity index (χ0n) is 16.0. The molecule has 3 rings (SSSR count). The highest BCUT2D eigenvalue weighted by molar-refractivity contribution is 6.31. The SMILES string of the molecule is FC(F)(F)c1cc(Cl)ccc1N=C(Cc1ccccc1)Nc1ccc(Cl)cc1C(F)(F)F. The summed E-state index contributed by atoms with van der Waals surface area (Å²) in [4.78, 5) is 4.03. The molecule has 0 aliphatic carbocycles. The Hall–Kier alpha value is -2.71. The summed E-state index contributed by atoms with van der Waals surface area (Å²) in [5, 5.41) is 2.26. The lowest BCUT2D eigenvalue weighted by Crippen LogP contribution is -2.19. The zero-order valence-corrected chi connectivity index (χ0v) is 17.5. The van der Waals surface area contributed by atoms with Gasteiger partial charge in [0.05, 0.1) is 22.5 Å². The second kappa shape index (κ2) is 9.42. The average molecular weight is 491 g/mol. The molecule has 3 aromatic carbocycles. The highest BCUT2D eigenvalue weighted by atomic mass is 35.5. The quantitative estimate of drug-likeness (QED) is 0.221. The molecule has 0 radical (unpaired) electrons. The molecule has 0 aliphatic rings. The van der Waals surface area contributed by atoms with E-state index in [1.165, 1.54) is 12.1 Å². The molecule has 0 bridgehead atoms. The maximum Gasteiger partial charge on any atom is 0.418 e. The first-order chi connectivity index (χ1) is 14.9. The molecule has 0 aliphatic heterocycles. The predicted molar refractivity (Wildman–Crippen MR) is 114 cm³/mol. The minimum atomic E-state index is -4.76. The van der Waals surface area contributed by atoms with Crippen LogP contribution in [0.4, 0.5) is 37.7 Å². The van der Waals surface area contributed by atoms with Crippen LogP contribution < -0.4 is 5.32 Å². The number of alkyl halides is 6. The molecule has 1 N–H and O–H groups in total. The van der Waals surface area contributed by atoms with Crippen molar-refractivity contribution >= 4 is 40.4 Å². The van der Waals surface area contributed by atoms with Gasteiger partial charge in [0.2, 0.25) is 0 Å². The van der Waals surface area contributed by atoms with Crippen molar-refractivity contribution in [3.05, 3.63) is 93.5 Å². The standard InChI is InChI=1S/C22H14Cl2F6N2/c23-14-6-8-18(16(11-14)21(25,26)27)31-20(10-13-4-2-1-3-5-13)32-19-9-7-15(24)12-17(19)22(28,29)30/h1-9,11-12H,10H2,(H,31,32). The molecule has 10 heteroatoms. The molecule has 0 saturated heterocycles. The summed E-state index contributed by atoms with van der Waals surface area (Å²) in [7, 11) is 0. The Balaban J connectivity index is 2.11. The summed E-state index contributed by atoms with van der Waals surface area (Å²) in [6, 6.07) is 14.5. The van der Waals surface area contributed by atoms with Crippen LogP contribution in [0.15, 0.2) is 71.7 Å². The van der Waals surface area contributed by atoms with Gasteiger partial charge in [0.15, 0.2) is 0 Å². The van der Waals surface area contributed by atoms with Gasteiger partial charge in [-0.05, 0) is 42.0 Å². The van der Waals surface area contributed by atoms with E-state index >= 15 is 0 Å². The number of hydrogen-bond donors (Lipinski definition) is 1. The number of rotatable bonds is 4. The fourth-order valence-corrected chi connectivity index (χ4v) is 3.24. The maximum atomic E-state index is 13.5. The molecule has 0 atom stereocenters. The number of halogens is 8. The molecular weight excluding hydrogens is 477 g/mol. The summed E-state index contributed by atoms with van der Waals surface area (Å²) in [5.41, 5.74) is -2.42. The highest BCUT2D eigenvalue weighted by Gasteiger charge is 2.35. The Morgan fingerprint density at radius 2 is 1.31 bits per heavy atom. The largest absolute Gasteiger partial charge is 0.418 e. The zero-order chi connectivity index (χ0) is 23.5. The van der Waals surface area contributed by atoms with Crippen LogP contribution in [-0.4, -0.2) is 5.84 Å². The third kappa shape index (κ3) is 6.17. The van der Waals surface area contributed by atoms with Crippen LogP contribution in [0.2, 0.25) is 10.0 Å². The van der Waals surface area contributed by atoms with Crippen LogP contribution >= 0.6 is 23.2 Å². The Kier molecular flexibility index (Phi) is 7.05. The van der Waals surface area contributed by atoms with Crippen LogP contribution in [0.3, 0.4) is 0 Å². The van der Waals surface area contributed by atoms with Crippen molar-refractivity contribution in [3.63, 3.8) is 0 Å². The smallest absolute Gasteiger partial charge is 0.343 e. The molecule has 168 valence electrons. The lowest BCUT2D eigenvalue weighted by atomic mass is 10.1. The van der Waals surface area contributed by atoms with Gasteiger partial charge in [-0.3, -0.25) is 0 Å². The van der Waals surface area contributed by atoms with E-state index in [-0.39, 0.29) is 28.0 Å². The van der Waals surface area contributed by atoms with Crippen molar-refractivity contribution in [2.45, 2.75) is 18.8 Å². The van der Waals surface area contributed by atoms with E-state index in [0.29, 0.717) is 11.6 Å². The Bertz CT molecular complexity index is 1130. The molecule has 0 aromatic heterocycles. The fourth-order valence-electron chi connectivity index (χ4n) is 2.89. The van der Waals surface area contributed by atoms with Crippen LogP contribution in [0.1, 0.15) is 16.7 Å². The van der Waals surface area contributed by atoms with Gasteiger partial charge in [-0.25, -0.2) is 4.99 Å². The topological polar surface area (TPSA) is 24.4 Å². The Morgan fingerprint density at radius 3 is 1.91 bits per heavy atom. The average Bonchev–Trinajstić information content (AvgIpc) is 2.70. The minimum Gasteiger partial charge on any atom is -0.343 e. The van der Waals surface area contributed by atoms with Crippen LogP contribution in [-0.2, 0) is 18.8 Å². The van der Waals surface area contributed by atoms with Crippen molar-refractivity contribution < 1.29 is 26.3 Å². The molecule has 0 unspecified atom stereocenters. The third-order valence-electron chi connectivity index (χ3n) is 4.30. The summed E-state index contributed by atoms with van der Waals surface area (Å²) in [6.07, 6.45) is -9.57. The summed E-state index contributed by atoms with van der Waals surface area (Å²) >= 11 is 11.4. The van der Waals surface area contributed by atoms with E-state index in [1.807, 2.05) is 0 Å². The molecule has 0 amide bonds. The molecule has 2 nitrogen and oxygen atoms in total. The monoisotopic (exact) mass is 490 g/mol. The van der Waals surface area contributed by atoms with E-state index in [4.69, 9.17) is 23.2 Å². The number of aliphatic imine (C=N–C) groups is 1. The van der Waals surface area contributed by atoms with E-state index in [0.717, 1.165) is 18.2 Å². The first kappa shape index (κ1) is 23.9. The second-order valence-electron chi connectivity index (χ2n) is 6.69. The number of anilines is 1. The Morgan fingerprint density at radius 1 is 0.750 bits per heavy atom. The number of amidine groups is 1. The van der Waals surface area contributed by atoms with Crippen molar-refractivity contribution in [3.8, 4) is 0 Å². The number of benzene rings is 3. The predicted octanol–water partition coefficient (Wildman–Crippen LogP) is 8.42. The fraction of sp³-hybridized carbons (Fsp3) is 0.136. The summed E-state index contributed by atoms with van der Waals surface area (Å²) in [6.45, 7) is 0. The number of nitrogens with one attached hydrogen (secondary N) is 1. The molecule has 3 aromatic rings. The molecule has 32 heavy (non-hydrogen) atoms. The number of hydrogen-bond acceptors (Lipinski definition) is 1. The lowest BCUT2D eigenvalue weighted by Gasteiger charge is -2.17. The normalized spacial score (nSPS) is 12.7. The van der Waals surface area contributed by atoms with Gasteiger partial charge in [0.1, 0.15) is 5.84 Å². The van der Waals surface area contributed by atoms with Crippen molar-refractivity contribution in [1.29, 1.82) is 0 Å². The van der Waals surface area contributed by atoms with Gasteiger partial charge in [-0.15, -0.1) is 0 Å². The van der Waals surface area contributed by atoms with Gasteiger partial charge in [-0.2, -0.15) is 26.3 Å². The van der Waals surface area contributed by atoms with E-state index in [2.05, 4.69) is 10.3 Å². The van der Waals surface area contributed by atoms with Crippen molar-refractivity contribution in [1.82, 2.24) is 0 Å². The lowest BCUT2D eigenvalue weighted by molar-refractivity contribution is -0.137. The molecule has 0 spiro atoms. The maximum absolute atomic E-state index is 13.5. The Labute approximate surface area is 189 Å². The molecular formula is C22H14Cl2F6N2. The molecule has 0 heterocycles. The van der Waals surface area contributed by atoms with Gasteiger partial charge >= 0.3 is 12.4 Å². The summed E-state index contributed by atoms with van der Waals surface area (Å²) in [5.74, 6) is -0.128. The third-order valence-corrected chi connectivity index (χ3v) is 4.77. The first-order valence-electron chi connectivity index (χ1n) is 9.05. The van der Waals surface area contributed by atoms with E-state index in [9.17, 15) is 26.3 Å². The highest BCUT2D eigenvalue weighted by Crippen LogP contribution is 2.39. The van der Waals surface area contributed by atoms with Crippen molar-refractivity contribution in [2.24, 2.45) is 4.99 Å². The van der Waals surface area contributed by atoms with Gasteiger partial charge in [0.25, 0.3) is 0 Å². The van der Waals surface area contributed by atoms with Gasteiger partial charge < -0.3 is 5.32 Å². The summed E-state index contributed by atoms with van der Waals surface area (Å²) < 4.78 is 80.9. The minimum absolute atomic E-state index is 0.0549.